The van der Waals surface area contributed by atoms with Crippen molar-refractivity contribution in [2.75, 3.05) is 13.7 Å². The van der Waals surface area contributed by atoms with Gasteiger partial charge in [-0.15, -0.1) is 0 Å². The third-order valence-electron chi connectivity index (χ3n) is 2.27. The minimum Gasteiger partial charge on any atom is -0.381 e. The molecule has 0 amide bonds. The number of ether oxygens (including phenoxy) is 1. The second-order valence-electron chi connectivity index (χ2n) is 3.35. The number of hydrogen-bond donors (Lipinski definition) is 1. The molecule has 78 valence electrons. The van der Waals surface area contributed by atoms with Crippen LogP contribution in [0.2, 0.25) is 0 Å². The molecule has 0 spiro atoms. The monoisotopic (exact) mass is 197 g/mol. The lowest BCUT2D eigenvalue weighted by atomic mass is 9.89. The number of hydrogen-bond acceptors (Lipinski definition) is 2. The molecular weight excluding hydrogens is 183 g/mol. The summed E-state index contributed by atoms with van der Waals surface area (Å²) < 4.78 is 40.1. The third kappa shape index (κ3) is 3.95. The predicted octanol–water partition coefficient (Wildman–Crippen LogP) is 1.71. The zero-order valence-corrected chi connectivity index (χ0v) is 7.53. The van der Waals surface area contributed by atoms with Gasteiger partial charge < -0.3 is 10.1 Å². The molecule has 0 aliphatic heterocycles. The fourth-order valence-corrected chi connectivity index (χ4v) is 1.34. The fraction of sp³-hybridized carbons (Fsp3) is 1.00. The van der Waals surface area contributed by atoms with Crippen LogP contribution in [0.3, 0.4) is 0 Å². The van der Waals surface area contributed by atoms with Gasteiger partial charge in [-0.25, -0.2) is 0 Å². The van der Waals surface area contributed by atoms with Crippen LogP contribution in [0.4, 0.5) is 13.2 Å². The number of alkyl halides is 3. The smallest absolute Gasteiger partial charge is 0.381 e. The summed E-state index contributed by atoms with van der Waals surface area (Å²) >= 11 is 0. The van der Waals surface area contributed by atoms with Crippen LogP contribution in [0.25, 0.3) is 0 Å². The maximum Gasteiger partial charge on any atom is 0.390 e. The van der Waals surface area contributed by atoms with Crippen LogP contribution >= 0.6 is 0 Å². The molecule has 0 atom stereocenters. The van der Waals surface area contributed by atoms with Gasteiger partial charge in [0.25, 0.3) is 0 Å². The Morgan fingerprint density at radius 3 is 2.46 bits per heavy atom. The molecule has 2 nitrogen and oxygen atoms in total. The summed E-state index contributed by atoms with van der Waals surface area (Å²) in [4.78, 5) is 0. The summed E-state index contributed by atoms with van der Waals surface area (Å²) in [6, 6.07) is 0.215. The van der Waals surface area contributed by atoms with Gasteiger partial charge in [-0.1, -0.05) is 0 Å². The van der Waals surface area contributed by atoms with Crippen LogP contribution < -0.4 is 5.32 Å². The molecule has 1 fully saturated rings. The predicted molar refractivity (Wildman–Crippen MR) is 42.5 cm³/mol. The normalized spacial score (nSPS) is 28.6. The van der Waals surface area contributed by atoms with E-state index in [2.05, 4.69) is 5.32 Å². The van der Waals surface area contributed by atoms with Crippen LogP contribution in [0, 0.1) is 0 Å². The Morgan fingerprint density at radius 1 is 1.38 bits per heavy atom. The molecule has 0 aromatic heterocycles. The summed E-state index contributed by atoms with van der Waals surface area (Å²) in [6.07, 6.45) is -2.90. The molecule has 13 heavy (non-hydrogen) atoms. The molecule has 0 heterocycles. The van der Waals surface area contributed by atoms with E-state index in [0.717, 1.165) is 12.8 Å². The molecule has 0 aromatic rings. The zero-order valence-electron chi connectivity index (χ0n) is 7.53. The van der Waals surface area contributed by atoms with Crippen molar-refractivity contribution in [2.45, 2.75) is 37.6 Å². The van der Waals surface area contributed by atoms with Gasteiger partial charge in [0, 0.05) is 19.7 Å². The zero-order chi connectivity index (χ0) is 9.90. The lowest BCUT2D eigenvalue weighted by molar-refractivity contribution is -0.134. The van der Waals surface area contributed by atoms with E-state index in [1.54, 1.807) is 7.11 Å². The SMILES string of the molecule is COC1CC(NCCC(F)(F)F)C1. The quantitative estimate of drug-likeness (QED) is 0.740. The van der Waals surface area contributed by atoms with E-state index < -0.39 is 12.6 Å². The highest BCUT2D eigenvalue weighted by Gasteiger charge is 2.31. The van der Waals surface area contributed by atoms with Gasteiger partial charge in [0.2, 0.25) is 0 Å². The van der Waals surface area contributed by atoms with Crippen molar-refractivity contribution in [3.05, 3.63) is 0 Å². The molecule has 0 saturated heterocycles. The Hall–Kier alpha value is -0.290. The van der Waals surface area contributed by atoms with Gasteiger partial charge in [-0.3, -0.25) is 0 Å². The lowest BCUT2D eigenvalue weighted by Crippen LogP contribution is -2.45. The molecule has 1 rings (SSSR count). The number of halogens is 3. The minimum atomic E-state index is -4.04. The maximum atomic E-state index is 11.7. The van der Waals surface area contributed by atoms with Gasteiger partial charge >= 0.3 is 6.18 Å². The van der Waals surface area contributed by atoms with Crippen molar-refractivity contribution in [1.82, 2.24) is 5.32 Å². The van der Waals surface area contributed by atoms with Crippen molar-refractivity contribution in [3.8, 4) is 0 Å². The molecular formula is C8H14F3NO. The Kier molecular flexibility index (Phi) is 3.55. The summed E-state index contributed by atoms with van der Waals surface area (Å²) in [5, 5.41) is 2.84. The second-order valence-corrected chi connectivity index (χ2v) is 3.35. The highest BCUT2D eigenvalue weighted by atomic mass is 19.4. The van der Waals surface area contributed by atoms with Gasteiger partial charge in [0.15, 0.2) is 0 Å². The van der Waals surface area contributed by atoms with Crippen molar-refractivity contribution < 1.29 is 17.9 Å². The first-order valence-electron chi connectivity index (χ1n) is 4.34. The third-order valence-corrected chi connectivity index (χ3v) is 2.27. The molecule has 0 aromatic carbocycles. The van der Waals surface area contributed by atoms with Crippen LogP contribution in [-0.2, 0) is 4.74 Å². The number of rotatable bonds is 4. The topological polar surface area (TPSA) is 21.3 Å². The minimum absolute atomic E-state index is 0.0185. The first-order valence-corrected chi connectivity index (χ1v) is 4.34. The fourth-order valence-electron chi connectivity index (χ4n) is 1.34. The average molecular weight is 197 g/mol. The van der Waals surface area contributed by atoms with E-state index in [1.165, 1.54) is 0 Å². The summed E-state index contributed by atoms with van der Waals surface area (Å²) in [5.74, 6) is 0. The molecule has 1 aliphatic carbocycles. The van der Waals surface area contributed by atoms with Gasteiger partial charge in [0.05, 0.1) is 12.5 Å². The standard InChI is InChI=1S/C8H14F3NO/c1-13-7-4-6(5-7)12-3-2-8(9,10)11/h6-7,12H,2-5H2,1H3. The Balaban J connectivity index is 1.97. The largest absolute Gasteiger partial charge is 0.390 e. The highest BCUT2D eigenvalue weighted by molar-refractivity contribution is 4.85. The second kappa shape index (κ2) is 4.28. The summed E-state index contributed by atoms with van der Waals surface area (Å²) in [6.45, 7) is 0.0185. The first kappa shape index (κ1) is 10.8. The van der Waals surface area contributed by atoms with Crippen molar-refractivity contribution in [3.63, 3.8) is 0 Å². The van der Waals surface area contributed by atoms with Crippen LogP contribution in [0.1, 0.15) is 19.3 Å². The highest BCUT2D eigenvalue weighted by Crippen LogP contribution is 2.23. The molecule has 0 bridgehead atoms. The molecule has 1 aliphatic rings. The Bertz CT molecular complexity index is 154. The Labute approximate surface area is 75.4 Å². The molecule has 1 N–H and O–H groups in total. The van der Waals surface area contributed by atoms with E-state index in [0.29, 0.717) is 0 Å². The van der Waals surface area contributed by atoms with E-state index in [-0.39, 0.29) is 18.7 Å². The van der Waals surface area contributed by atoms with Gasteiger partial charge in [0.1, 0.15) is 0 Å². The number of methoxy groups -OCH3 is 1. The summed E-state index contributed by atoms with van der Waals surface area (Å²) in [7, 11) is 1.62. The van der Waals surface area contributed by atoms with Crippen molar-refractivity contribution in [2.24, 2.45) is 0 Å². The maximum absolute atomic E-state index is 11.7. The van der Waals surface area contributed by atoms with Crippen LogP contribution in [-0.4, -0.2) is 32.0 Å². The Morgan fingerprint density at radius 2 is 2.00 bits per heavy atom. The summed E-state index contributed by atoms with van der Waals surface area (Å²) in [5.41, 5.74) is 0. The van der Waals surface area contributed by atoms with Crippen LogP contribution in [0.15, 0.2) is 0 Å². The molecule has 5 heteroatoms. The number of nitrogens with one attached hydrogen (secondary N) is 1. The van der Waals surface area contributed by atoms with E-state index in [4.69, 9.17) is 4.74 Å². The van der Waals surface area contributed by atoms with Crippen molar-refractivity contribution >= 4 is 0 Å². The van der Waals surface area contributed by atoms with Gasteiger partial charge in [-0.2, -0.15) is 13.2 Å². The average Bonchev–Trinajstić information content (AvgIpc) is 1.91. The van der Waals surface area contributed by atoms with Gasteiger partial charge in [-0.05, 0) is 12.8 Å². The van der Waals surface area contributed by atoms with Crippen LogP contribution in [0.5, 0.6) is 0 Å². The first-order chi connectivity index (χ1) is 6.01. The van der Waals surface area contributed by atoms with E-state index in [9.17, 15) is 13.2 Å². The molecule has 1 saturated carbocycles. The molecule has 0 unspecified atom stereocenters. The lowest BCUT2D eigenvalue weighted by Gasteiger charge is -2.34. The van der Waals surface area contributed by atoms with E-state index in [1.807, 2.05) is 0 Å². The van der Waals surface area contributed by atoms with Crippen molar-refractivity contribution in [1.29, 1.82) is 0 Å². The molecule has 0 radical (unpaired) electrons. The van der Waals surface area contributed by atoms with E-state index >= 15 is 0 Å².